The van der Waals surface area contributed by atoms with Gasteiger partial charge < -0.3 is 9.84 Å². The number of hydrogen-bond donors (Lipinski definition) is 1. The van der Waals surface area contributed by atoms with Crippen molar-refractivity contribution in [3.05, 3.63) is 22.7 Å². The van der Waals surface area contributed by atoms with Crippen molar-refractivity contribution in [2.45, 2.75) is 45.1 Å². The molecule has 5 nitrogen and oxygen atoms in total. The second-order valence-electron chi connectivity index (χ2n) is 5.31. The number of ether oxygens (including phenoxy) is 1. The molecule has 0 radical (unpaired) electrons. The molecule has 0 aromatic carbocycles. The van der Waals surface area contributed by atoms with Crippen LogP contribution in [-0.2, 0) is 10.3 Å². The van der Waals surface area contributed by atoms with Crippen LogP contribution in [0.25, 0.3) is 0 Å². The van der Waals surface area contributed by atoms with Gasteiger partial charge >= 0.3 is 5.97 Å². The molecule has 110 valence electrons. The number of halogens is 1. The highest BCUT2D eigenvalue weighted by Gasteiger charge is 2.39. The summed E-state index contributed by atoms with van der Waals surface area (Å²) in [6, 6.07) is 0. The van der Waals surface area contributed by atoms with E-state index < -0.39 is 11.6 Å². The maximum Gasteiger partial charge on any atom is 0.356 e. The van der Waals surface area contributed by atoms with Gasteiger partial charge in [0.1, 0.15) is 5.60 Å². The van der Waals surface area contributed by atoms with Crippen LogP contribution in [0.2, 0.25) is 5.02 Å². The predicted octanol–water partition coefficient (Wildman–Crippen LogP) is 3.27. The summed E-state index contributed by atoms with van der Waals surface area (Å²) in [5, 5.41) is 9.18. The van der Waals surface area contributed by atoms with E-state index in [1.807, 2.05) is 6.92 Å². The molecule has 20 heavy (non-hydrogen) atoms. The largest absolute Gasteiger partial charge is 0.476 e. The minimum Gasteiger partial charge on any atom is -0.476 e. The quantitative estimate of drug-likeness (QED) is 0.923. The van der Waals surface area contributed by atoms with Gasteiger partial charge in [0, 0.05) is 6.61 Å². The Morgan fingerprint density at radius 1 is 1.55 bits per heavy atom. The van der Waals surface area contributed by atoms with Gasteiger partial charge in [-0.05, 0) is 38.5 Å². The van der Waals surface area contributed by atoms with Crippen LogP contribution in [0.4, 0.5) is 0 Å². The Hall–Kier alpha value is -1.20. The Bertz CT molecular complexity index is 499. The van der Waals surface area contributed by atoms with Crippen LogP contribution in [0.1, 0.15) is 55.8 Å². The standard InChI is InChI=1S/C14H19ClN2O3/c1-3-20-14(6-4-9(2)5-7-14)13-16-8-10(15)11(17-13)12(18)19/h8-9H,3-7H2,1-2H3,(H,18,19). The second-order valence-corrected chi connectivity index (χ2v) is 5.71. The van der Waals surface area contributed by atoms with E-state index in [1.54, 1.807) is 0 Å². The molecule has 1 aromatic heterocycles. The van der Waals surface area contributed by atoms with Gasteiger partial charge in [-0.15, -0.1) is 0 Å². The first-order valence-corrected chi connectivity index (χ1v) is 7.26. The Balaban J connectivity index is 2.39. The molecule has 1 fully saturated rings. The van der Waals surface area contributed by atoms with Gasteiger partial charge in [-0.3, -0.25) is 0 Å². The third kappa shape index (κ3) is 2.94. The van der Waals surface area contributed by atoms with E-state index in [1.165, 1.54) is 6.20 Å². The molecule has 0 aliphatic heterocycles. The van der Waals surface area contributed by atoms with Gasteiger partial charge in [0.05, 0.1) is 11.2 Å². The molecule has 0 spiro atoms. The van der Waals surface area contributed by atoms with Crippen LogP contribution in [0.3, 0.4) is 0 Å². The minimum absolute atomic E-state index is 0.0528. The van der Waals surface area contributed by atoms with Gasteiger partial charge in [0.25, 0.3) is 0 Å². The van der Waals surface area contributed by atoms with Gasteiger partial charge in [-0.2, -0.15) is 0 Å². The van der Waals surface area contributed by atoms with Crippen LogP contribution in [0.15, 0.2) is 6.20 Å². The number of carboxylic acid groups (broad SMARTS) is 1. The Kier molecular flexibility index (Phi) is 4.60. The van der Waals surface area contributed by atoms with Crippen molar-refractivity contribution in [3.8, 4) is 0 Å². The number of nitrogens with zero attached hydrogens (tertiary/aromatic N) is 2. The van der Waals surface area contributed by atoms with Crippen molar-refractivity contribution in [2.75, 3.05) is 6.61 Å². The molecular weight excluding hydrogens is 280 g/mol. The molecule has 0 amide bonds. The number of carboxylic acids is 1. The first-order chi connectivity index (χ1) is 9.48. The topological polar surface area (TPSA) is 72.3 Å². The third-order valence-corrected chi connectivity index (χ3v) is 4.13. The first-order valence-electron chi connectivity index (χ1n) is 6.89. The van der Waals surface area contributed by atoms with E-state index >= 15 is 0 Å². The van der Waals surface area contributed by atoms with Gasteiger partial charge in [0.15, 0.2) is 11.5 Å². The van der Waals surface area contributed by atoms with Crippen molar-refractivity contribution in [1.29, 1.82) is 0 Å². The van der Waals surface area contributed by atoms with Crippen LogP contribution < -0.4 is 0 Å². The molecule has 0 unspecified atom stereocenters. The summed E-state index contributed by atoms with van der Waals surface area (Å²) in [5.41, 5.74) is -0.731. The number of carbonyl (C=O) groups is 1. The molecule has 1 aromatic rings. The summed E-state index contributed by atoms with van der Waals surface area (Å²) < 4.78 is 5.92. The molecule has 1 aliphatic carbocycles. The lowest BCUT2D eigenvalue weighted by molar-refractivity contribution is -0.0838. The molecule has 0 atom stereocenters. The van der Waals surface area contributed by atoms with E-state index in [0.29, 0.717) is 18.3 Å². The Morgan fingerprint density at radius 2 is 2.20 bits per heavy atom. The molecule has 6 heteroatoms. The second kappa shape index (κ2) is 6.06. The van der Waals surface area contributed by atoms with Crippen molar-refractivity contribution < 1.29 is 14.6 Å². The molecular formula is C14H19ClN2O3. The van der Waals surface area contributed by atoms with E-state index in [9.17, 15) is 4.79 Å². The molecule has 0 bridgehead atoms. The number of aromatic nitrogens is 2. The zero-order valence-corrected chi connectivity index (χ0v) is 12.5. The predicted molar refractivity (Wildman–Crippen MR) is 74.9 cm³/mol. The average Bonchev–Trinajstić information content (AvgIpc) is 2.42. The van der Waals surface area contributed by atoms with Gasteiger partial charge in [-0.1, -0.05) is 18.5 Å². The minimum atomic E-state index is -1.14. The number of rotatable bonds is 4. The summed E-state index contributed by atoms with van der Waals surface area (Å²) in [6.07, 6.45) is 5.01. The molecule has 0 saturated heterocycles. The number of hydrogen-bond acceptors (Lipinski definition) is 4. The summed E-state index contributed by atoms with van der Waals surface area (Å²) in [4.78, 5) is 19.5. The smallest absolute Gasteiger partial charge is 0.356 e. The lowest BCUT2D eigenvalue weighted by atomic mass is 9.79. The zero-order chi connectivity index (χ0) is 14.8. The SMILES string of the molecule is CCOC1(c2ncc(Cl)c(C(=O)O)n2)CCC(C)CC1. The Morgan fingerprint density at radius 3 is 2.75 bits per heavy atom. The fourth-order valence-electron chi connectivity index (χ4n) is 2.67. The number of aromatic carboxylic acids is 1. The van der Waals surface area contributed by atoms with Crippen molar-refractivity contribution >= 4 is 17.6 Å². The van der Waals surface area contributed by atoms with E-state index in [4.69, 9.17) is 21.4 Å². The summed E-state index contributed by atoms with van der Waals surface area (Å²) in [5.74, 6) is -0.0580. The summed E-state index contributed by atoms with van der Waals surface area (Å²) in [7, 11) is 0. The fraction of sp³-hybridized carbons (Fsp3) is 0.643. The third-order valence-electron chi connectivity index (χ3n) is 3.86. The normalized spacial score (nSPS) is 26.4. The highest BCUT2D eigenvalue weighted by molar-refractivity contribution is 6.33. The van der Waals surface area contributed by atoms with Crippen LogP contribution >= 0.6 is 11.6 Å². The van der Waals surface area contributed by atoms with Crippen LogP contribution in [-0.4, -0.2) is 27.7 Å². The molecule has 1 saturated carbocycles. The first kappa shape index (κ1) is 15.2. The zero-order valence-electron chi connectivity index (χ0n) is 11.7. The summed E-state index contributed by atoms with van der Waals surface area (Å²) in [6.45, 7) is 4.68. The monoisotopic (exact) mass is 298 g/mol. The fourth-order valence-corrected chi connectivity index (χ4v) is 2.85. The van der Waals surface area contributed by atoms with Crippen molar-refractivity contribution in [1.82, 2.24) is 9.97 Å². The van der Waals surface area contributed by atoms with E-state index in [0.717, 1.165) is 25.7 Å². The summed E-state index contributed by atoms with van der Waals surface area (Å²) >= 11 is 5.83. The lowest BCUT2D eigenvalue weighted by Crippen LogP contribution is -2.36. The van der Waals surface area contributed by atoms with Crippen LogP contribution in [0, 0.1) is 5.92 Å². The van der Waals surface area contributed by atoms with Gasteiger partial charge in [0.2, 0.25) is 0 Å². The average molecular weight is 299 g/mol. The maximum absolute atomic E-state index is 11.2. The van der Waals surface area contributed by atoms with E-state index in [2.05, 4.69) is 16.9 Å². The lowest BCUT2D eigenvalue weighted by Gasteiger charge is -2.37. The molecule has 1 N–H and O–H groups in total. The Labute approximate surface area is 123 Å². The molecule has 2 rings (SSSR count). The molecule has 1 aliphatic rings. The highest BCUT2D eigenvalue weighted by atomic mass is 35.5. The maximum atomic E-state index is 11.2. The van der Waals surface area contributed by atoms with Crippen molar-refractivity contribution in [2.24, 2.45) is 5.92 Å². The van der Waals surface area contributed by atoms with Crippen LogP contribution in [0.5, 0.6) is 0 Å². The van der Waals surface area contributed by atoms with Crippen molar-refractivity contribution in [3.63, 3.8) is 0 Å². The molecule has 1 heterocycles. The van der Waals surface area contributed by atoms with Gasteiger partial charge in [-0.25, -0.2) is 14.8 Å². The van der Waals surface area contributed by atoms with E-state index in [-0.39, 0.29) is 10.7 Å². The highest BCUT2D eigenvalue weighted by Crippen LogP contribution is 2.41.